The van der Waals surface area contributed by atoms with E-state index in [4.69, 9.17) is 4.42 Å². The van der Waals surface area contributed by atoms with Crippen molar-refractivity contribution in [1.82, 2.24) is 0 Å². The first kappa shape index (κ1) is 37.3. The predicted molar refractivity (Wildman–Crippen MR) is 254 cm³/mol. The van der Waals surface area contributed by atoms with Gasteiger partial charge in [-0.3, -0.25) is 0 Å². The van der Waals surface area contributed by atoms with E-state index >= 15 is 0 Å². The lowest BCUT2D eigenvalue weighted by Gasteiger charge is -2.46. The third kappa shape index (κ3) is 5.94. The van der Waals surface area contributed by atoms with Gasteiger partial charge in [-0.05, 0) is 123 Å². The van der Waals surface area contributed by atoms with Crippen molar-refractivity contribution in [2.75, 3.05) is 9.71 Å². The second kappa shape index (κ2) is 13.0. The summed E-state index contributed by atoms with van der Waals surface area (Å²) < 4.78 is 7.10. The van der Waals surface area contributed by atoms with Crippen molar-refractivity contribution in [2.45, 2.75) is 85.5 Å². The number of hydrogen-bond donors (Lipinski definition) is 0. The summed E-state index contributed by atoms with van der Waals surface area (Å²) in [5, 5.41) is 2.28. The molecule has 3 nitrogen and oxygen atoms in total. The normalized spacial score (nSPS) is 13.8. The van der Waals surface area contributed by atoms with Crippen molar-refractivity contribution in [3.05, 3.63) is 162 Å². The number of rotatable bonds is 3. The Bertz CT molecular complexity index is 2950. The average Bonchev–Trinajstić information content (AvgIpc) is 3.59. The number of nitrogens with zero attached hydrogens (tertiary/aromatic N) is 2. The third-order valence-electron chi connectivity index (χ3n) is 12.8. The molecule has 8 aromatic rings. The van der Waals surface area contributed by atoms with Crippen molar-refractivity contribution in [3.8, 4) is 22.3 Å². The fourth-order valence-electron chi connectivity index (χ4n) is 9.55. The molecule has 10 rings (SSSR count). The van der Waals surface area contributed by atoms with Crippen molar-refractivity contribution < 1.29 is 4.42 Å². The summed E-state index contributed by atoms with van der Waals surface area (Å²) in [6, 6.07) is 52.6. The van der Waals surface area contributed by atoms with Gasteiger partial charge in [-0.15, -0.1) is 0 Å². The van der Waals surface area contributed by atoms with E-state index in [1.807, 2.05) is 0 Å². The van der Waals surface area contributed by atoms with E-state index in [2.05, 4.69) is 218 Å². The van der Waals surface area contributed by atoms with Crippen LogP contribution in [0.1, 0.15) is 84.6 Å². The third-order valence-corrected chi connectivity index (χ3v) is 12.8. The van der Waals surface area contributed by atoms with Crippen LogP contribution in [0.15, 0.2) is 144 Å². The quantitative estimate of drug-likeness (QED) is 0.167. The van der Waals surface area contributed by atoms with Crippen LogP contribution in [-0.4, -0.2) is 6.85 Å². The van der Waals surface area contributed by atoms with Crippen molar-refractivity contribution >= 4 is 68.1 Å². The molecule has 0 radical (unpaired) electrons. The summed E-state index contributed by atoms with van der Waals surface area (Å²) in [6.45, 7) is 22.8. The molecular weight excluding hydrogens is 715 g/mol. The van der Waals surface area contributed by atoms with Gasteiger partial charge in [0.05, 0.1) is 5.69 Å². The van der Waals surface area contributed by atoms with E-state index < -0.39 is 0 Å². The van der Waals surface area contributed by atoms with Crippen molar-refractivity contribution in [2.24, 2.45) is 0 Å². The van der Waals surface area contributed by atoms with E-state index in [0.717, 1.165) is 39.0 Å². The Morgan fingerprint density at radius 1 is 0.458 bits per heavy atom. The maximum atomic E-state index is 7.10. The molecule has 0 amide bonds. The van der Waals surface area contributed by atoms with Crippen molar-refractivity contribution in [3.63, 3.8) is 0 Å². The highest BCUT2D eigenvalue weighted by Crippen LogP contribution is 2.51. The van der Waals surface area contributed by atoms with Gasteiger partial charge in [0.15, 0.2) is 0 Å². The van der Waals surface area contributed by atoms with E-state index in [-0.39, 0.29) is 23.1 Å². The van der Waals surface area contributed by atoms with Crippen LogP contribution < -0.4 is 20.6 Å². The number of anilines is 5. The van der Waals surface area contributed by atoms with E-state index in [0.29, 0.717) is 0 Å². The van der Waals surface area contributed by atoms with Crippen LogP contribution in [0.4, 0.5) is 28.4 Å². The van der Waals surface area contributed by atoms with Gasteiger partial charge >= 0.3 is 6.85 Å². The molecule has 0 unspecified atom stereocenters. The SMILES string of the molecule is Cc1cc2c3c(c1)N(c1ccc(C(C)(C)C)cc1-c1ccccc1)c1ccc4c(oc5ccccc54)c1B3N(c1ccc(C(C)(C)C)cc1)c1ccc(C(C)(C)C)cc1-2. The number of aryl methyl sites for hydroxylation is 1. The first-order valence-corrected chi connectivity index (χ1v) is 21.2. The predicted octanol–water partition coefficient (Wildman–Crippen LogP) is 14.2. The van der Waals surface area contributed by atoms with E-state index in [1.54, 1.807) is 0 Å². The smallest absolute Gasteiger partial charge is 0.336 e. The molecule has 0 bridgehead atoms. The number of benzene rings is 7. The van der Waals surface area contributed by atoms with Gasteiger partial charge < -0.3 is 14.1 Å². The highest BCUT2D eigenvalue weighted by atomic mass is 16.3. The molecule has 2 aliphatic heterocycles. The Hall–Kier alpha value is -6.00. The molecule has 0 fully saturated rings. The molecule has 59 heavy (non-hydrogen) atoms. The van der Waals surface area contributed by atoms with Gasteiger partial charge in [0, 0.05) is 50.1 Å². The molecule has 0 atom stereocenters. The molecule has 0 saturated heterocycles. The summed E-state index contributed by atoms with van der Waals surface area (Å²) in [7, 11) is 0. The van der Waals surface area contributed by atoms with Gasteiger partial charge in [-0.25, -0.2) is 0 Å². The maximum absolute atomic E-state index is 7.10. The second-order valence-electron chi connectivity index (χ2n) is 20.0. The van der Waals surface area contributed by atoms with Crippen LogP contribution in [0.5, 0.6) is 0 Å². The minimum absolute atomic E-state index is 0.0204. The number of furan rings is 1. The van der Waals surface area contributed by atoms with Crippen LogP contribution in [0.2, 0.25) is 0 Å². The zero-order valence-electron chi connectivity index (χ0n) is 36.2. The summed E-state index contributed by atoms with van der Waals surface area (Å²) >= 11 is 0. The van der Waals surface area contributed by atoms with Gasteiger partial charge in [0.2, 0.25) is 0 Å². The molecular formula is C55H53BN2O. The van der Waals surface area contributed by atoms with Crippen LogP contribution >= 0.6 is 0 Å². The number of para-hydroxylation sites is 1. The average molecular weight is 769 g/mol. The fourth-order valence-corrected chi connectivity index (χ4v) is 9.55. The Balaban J connectivity index is 1.36. The maximum Gasteiger partial charge on any atom is 0.336 e. The molecule has 0 aliphatic carbocycles. The topological polar surface area (TPSA) is 19.6 Å². The Morgan fingerprint density at radius 2 is 1.05 bits per heavy atom. The molecule has 7 aromatic carbocycles. The molecule has 2 aliphatic rings. The van der Waals surface area contributed by atoms with Crippen molar-refractivity contribution in [1.29, 1.82) is 0 Å². The van der Waals surface area contributed by atoms with Gasteiger partial charge in [-0.1, -0.05) is 141 Å². The van der Waals surface area contributed by atoms with Gasteiger partial charge in [-0.2, -0.15) is 0 Å². The highest BCUT2D eigenvalue weighted by molar-refractivity contribution is 6.95. The summed E-state index contributed by atoms with van der Waals surface area (Å²) in [5.41, 5.74) is 20.3. The van der Waals surface area contributed by atoms with Crippen LogP contribution in [0.3, 0.4) is 0 Å². The second-order valence-corrected chi connectivity index (χ2v) is 20.0. The summed E-state index contributed by atoms with van der Waals surface area (Å²) in [6.07, 6.45) is 0. The first-order chi connectivity index (χ1) is 28.1. The highest BCUT2D eigenvalue weighted by Gasteiger charge is 2.47. The van der Waals surface area contributed by atoms with Crippen LogP contribution in [0, 0.1) is 6.92 Å². The minimum atomic E-state index is -0.168. The first-order valence-electron chi connectivity index (χ1n) is 21.2. The largest absolute Gasteiger partial charge is 0.456 e. The fraction of sp³-hybridized carbons (Fsp3) is 0.236. The monoisotopic (exact) mass is 768 g/mol. The standard InChI is InChI=1S/C55H53BN2O/c1-34-30-44-43-33-38(55(8,9)10)23-28-46(43)58(39-24-20-36(21-25-39)53(2,3)4)56-50(44)48(31-34)57(47-29-26-41-40-18-14-15-19-49(40)59-52(41)51(47)56)45-27-22-37(54(5,6)7)32-42(45)35-16-12-11-13-17-35/h11-33H,1-10H3. The summed E-state index contributed by atoms with van der Waals surface area (Å²) in [4.78, 5) is 5.16. The van der Waals surface area contributed by atoms with E-state index in [1.165, 1.54) is 66.8 Å². The Kier molecular flexibility index (Phi) is 8.22. The molecule has 0 spiro atoms. The number of hydrogen-bond acceptors (Lipinski definition) is 3. The molecule has 292 valence electrons. The van der Waals surface area contributed by atoms with Gasteiger partial charge in [0.25, 0.3) is 0 Å². The lowest BCUT2D eigenvalue weighted by molar-refractivity contribution is 0.590. The number of fused-ring (bicyclic) bond motifs is 8. The lowest BCUT2D eigenvalue weighted by atomic mass is 9.43. The minimum Gasteiger partial charge on any atom is -0.456 e. The zero-order valence-corrected chi connectivity index (χ0v) is 36.2. The summed E-state index contributed by atoms with van der Waals surface area (Å²) in [5.74, 6) is 0. The Morgan fingerprint density at radius 3 is 1.73 bits per heavy atom. The van der Waals surface area contributed by atoms with Gasteiger partial charge in [0.1, 0.15) is 11.2 Å². The Labute approximate surface area is 350 Å². The molecule has 0 N–H and O–H groups in total. The molecule has 1 aromatic heterocycles. The lowest BCUT2D eigenvalue weighted by Crippen LogP contribution is -2.61. The zero-order chi connectivity index (χ0) is 41.2. The molecule has 4 heteroatoms. The van der Waals surface area contributed by atoms with E-state index in [9.17, 15) is 0 Å². The van der Waals surface area contributed by atoms with Crippen LogP contribution in [-0.2, 0) is 16.2 Å². The molecule has 0 saturated carbocycles. The van der Waals surface area contributed by atoms with Crippen LogP contribution in [0.25, 0.3) is 44.2 Å². The molecule has 3 heterocycles.